The summed E-state index contributed by atoms with van der Waals surface area (Å²) in [5, 5.41) is 11.9. The second-order valence-electron chi connectivity index (χ2n) is 4.98. The average molecular weight is 357 g/mol. The minimum absolute atomic E-state index is 0.198. The molecule has 0 fully saturated rings. The lowest BCUT2D eigenvalue weighted by atomic mass is 9.96. The van der Waals surface area contributed by atoms with Crippen LogP contribution in [0.25, 0.3) is 0 Å². The highest BCUT2D eigenvalue weighted by Gasteiger charge is 2.11. The number of anilines is 1. The SMILES string of the molecule is CCC(CCNc1ccc(Br)cc1C(N)=O)CCC(=O)O. The van der Waals surface area contributed by atoms with Crippen molar-refractivity contribution in [3.8, 4) is 0 Å². The summed E-state index contributed by atoms with van der Waals surface area (Å²) in [4.78, 5) is 22.0. The van der Waals surface area contributed by atoms with E-state index in [0.717, 1.165) is 17.3 Å². The Bertz CT molecular complexity index is 506. The molecule has 0 aliphatic carbocycles. The highest BCUT2D eigenvalue weighted by atomic mass is 79.9. The standard InChI is InChI=1S/C15H21BrN2O3/c1-2-10(3-6-14(19)20)7-8-18-13-5-4-11(16)9-12(13)15(17)21/h4-5,9-10,18H,2-3,6-8H2,1H3,(H2,17,21)(H,19,20). The van der Waals surface area contributed by atoms with Gasteiger partial charge < -0.3 is 16.2 Å². The first-order valence-electron chi connectivity index (χ1n) is 6.99. The lowest BCUT2D eigenvalue weighted by Gasteiger charge is -2.16. The van der Waals surface area contributed by atoms with Gasteiger partial charge in [-0.3, -0.25) is 9.59 Å². The number of carbonyl (C=O) groups excluding carboxylic acids is 1. The second kappa shape index (κ2) is 8.67. The number of halogens is 1. The van der Waals surface area contributed by atoms with Crippen molar-refractivity contribution in [2.24, 2.45) is 11.7 Å². The number of hydrogen-bond donors (Lipinski definition) is 3. The molecule has 0 aliphatic rings. The fourth-order valence-corrected chi connectivity index (χ4v) is 2.53. The van der Waals surface area contributed by atoms with Crippen LogP contribution in [-0.4, -0.2) is 23.5 Å². The number of benzene rings is 1. The molecule has 6 heteroatoms. The van der Waals surface area contributed by atoms with Gasteiger partial charge in [-0.1, -0.05) is 29.3 Å². The Labute approximate surface area is 133 Å². The van der Waals surface area contributed by atoms with E-state index in [2.05, 4.69) is 28.2 Å². The third-order valence-electron chi connectivity index (χ3n) is 3.46. The number of carboxylic acid groups (broad SMARTS) is 1. The van der Waals surface area contributed by atoms with Gasteiger partial charge in [0.1, 0.15) is 0 Å². The van der Waals surface area contributed by atoms with Crippen LogP contribution in [0.4, 0.5) is 5.69 Å². The van der Waals surface area contributed by atoms with Gasteiger partial charge in [-0.05, 0) is 37.0 Å². The Morgan fingerprint density at radius 3 is 2.67 bits per heavy atom. The summed E-state index contributed by atoms with van der Waals surface area (Å²) < 4.78 is 0.801. The third-order valence-corrected chi connectivity index (χ3v) is 3.95. The van der Waals surface area contributed by atoms with E-state index >= 15 is 0 Å². The Balaban J connectivity index is 2.55. The fraction of sp³-hybridized carbons (Fsp3) is 0.467. The lowest BCUT2D eigenvalue weighted by Crippen LogP contribution is -2.16. The zero-order chi connectivity index (χ0) is 15.8. The van der Waals surface area contributed by atoms with Crippen LogP contribution in [0.3, 0.4) is 0 Å². The molecule has 0 spiro atoms. The molecular formula is C15H21BrN2O3. The summed E-state index contributed by atoms with van der Waals surface area (Å²) in [6.07, 6.45) is 2.68. The van der Waals surface area contributed by atoms with E-state index in [1.165, 1.54) is 0 Å². The first-order valence-corrected chi connectivity index (χ1v) is 7.78. The summed E-state index contributed by atoms with van der Waals surface area (Å²) in [7, 11) is 0. The molecule has 1 amide bonds. The van der Waals surface area contributed by atoms with Crippen LogP contribution in [-0.2, 0) is 4.79 Å². The molecule has 5 nitrogen and oxygen atoms in total. The molecule has 0 heterocycles. The van der Waals surface area contributed by atoms with Gasteiger partial charge in [0, 0.05) is 23.1 Å². The van der Waals surface area contributed by atoms with E-state index < -0.39 is 11.9 Å². The number of carbonyl (C=O) groups is 2. The van der Waals surface area contributed by atoms with Crippen molar-refractivity contribution in [1.82, 2.24) is 0 Å². The minimum Gasteiger partial charge on any atom is -0.481 e. The van der Waals surface area contributed by atoms with Crippen LogP contribution in [0.2, 0.25) is 0 Å². The fourth-order valence-electron chi connectivity index (χ4n) is 2.17. The van der Waals surface area contributed by atoms with E-state index in [4.69, 9.17) is 10.8 Å². The van der Waals surface area contributed by atoms with Crippen molar-refractivity contribution in [3.05, 3.63) is 28.2 Å². The lowest BCUT2D eigenvalue weighted by molar-refractivity contribution is -0.137. The predicted molar refractivity (Wildman–Crippen MR) is 86.4 cm³/mol. The molecule has 1 rings (SSSR count). The maximum atomic E-state index is 11.4. The zero-order valence-corrected chi connectivity index (χ0v) is 13.6. The molecule has 0 aromatic heterocycles. The van der Waals surface area contributed by atoms with Crippen LogP contribution < -0.4 is 11.1 Å². The van der Waals surface area contributed by atoms with E-state index in [0.29, 0.717) is 30.1 Å². The van der Waals surface area contributed by atoms with Gasteiger partial charge >= 0.3 is 5.97 Å². The first-order chi connectivity index (χ1) is 9.93. The highest BCUT2D eigenvalue weighted by Crippen LogP contribution is 2.22. The van der Waals surface area contributed by atoms with Crippen LogP contribution in [0.1, 0.15) is 43.0 Å². The molecule has 0 aliphatic heterocycles. The number of carboxylic acids is 1. The molecule has 4 N–H and O–H groups in total. The van der Waals surface area contributed by atoms with Gasteiger partial charge in [-0.15, -0.1) is 0 Å². The van der Waals surface area contributed by atoms with E-state index in [1.807, 2.05) is 12.1 Å². The summed E-state index contributed by atoms with van der Waals surface area (Å²) in [5.74, 6) is -0.872. The van der Waals surface area contributed by atoms with Gasteiger partial charge in [0.2, 0.25) is 0 Å². The molecule has 0 radical (unpaired) electrons. The zero-order valence-electron chi connectivity index (χ0n) is 12.1. The quantitative estimate of drug-likeness (QED) is 0.633. The molecule has 1 aromatic rings. The van der Waals surface area contributed by atoms with Crippen LogP contribution >= 0.6 is 15.9 Å². The number of hydrogen-bond acceptors (Lipinski definition) is 3. The van der Waals surface area contributed by atoms with E-state index in [1.54, 1.807) is 6.07 Å². The maximum absolute atomic E-state index is 11.4. The summed E-state index contributed by atoms with van der Waals surface area (Å²) in [5.41, 5.74) is 6.51. The van der Waals surface area contributed by atoms with Crippen molar-refractivity contribution >= 4 is 33.5 Å². The number of rotatable bonds is 9. The summed E-state index contributed by atoms with van der Waals surface area (Å²) >= 11 is 3.31. The monoisotopic (exact) mass is 356 g/mol. The molecule has 0 bridgehead atoms. The molecule has 1 aromatic carbocycles. The van der Waals surface area contributed by atoms with Crippen molar-refractivity contribution in [3.63, 3.8) is 0 Å². The minimum atomic E-state index is -0.759. The Morgan fingerprint density at radius 1 is 1.38 bits per heavy atom. The third kappa shape index (κ3) is 6.16. The molecule has 21 heavy (non-hydrogen) atoms. The van der Waals surface area contributed by atoms with Gasteiger partial charge in [-0.2, -0.15) is 0 Å². The molecular weight excluding hydrogens is 336 g/mol. The molecule has 116 valence electrons. The van der Waals surface area contributed by atoms with Crippen molar-refractivity contribution in [2.75, 3.05) is 11.9 Å². The average Bonchev–Trinajstić information content (AvgIpc) is 2.43. The number of nitrogens with two attached hydrogens (primary N) is 1. The second-order valence-corrected chi connectivity index (χ2v) is 5.89. The smallest absolute Gasteiger partial charge is 0.303 e. The number of amides is 1. The number of nitrogens with one attached hydrogen (secondary N) is 1. The van der Waals surface area contributed by atoms with Gasteiger partial charge in [0.25, 0.3) is 5.91 Å². The Kier molecular flexibility index (Phi) is 7.22. The van der Waals surface area contributed by atoms with E-state index in [9.17, 15) is 9.59 Å². The number of primary amides is 1. The van der Waals surface area contributed by atoms with Gasteiger partial charge in [0.15, 0.2) is 0 Å². The largest absolute Gasteiger partial charge is 0.481 e. The molecule has 1 atom stereocenters. The Hall–Kier alpha value is -1.56. The normalized spacial score (nSPS) is 11.9. The Morgan fingerprint density at radius 2 is 2.10 bits per heavy atom. The topological polar surface area (TPSA) is 92.4 Å². The van der Waals surface area contributed by atoms with Crippen molar-refractivity contribution in [1.29, 1.82) is 0 Å². The van der Waals surface area contributed by atoms with Crippen molar-refractivity contribution in [2.45, 2.75) is 32.6 Å². The molecule has 0 saturated carbocycles. The first kappa shape index (κ1) is 17.5. The molecule has 1 unspecified atom stereocenters. The summed E-state index contributed by atoms with van der Waals surface area (Å²) in [6, 6.07) is 5.34. The number of aliphatic carboxylic acids is 1. The van der Waals surface area contributed by atoms with Gasteiger partial charge in [0.05, 0.1) is 5.56 Å². The molecule has 0 saturated heterocycles. The highest BCUT2D eigenvalue weighted by molar-refractivity contribution is 9.10. The van der Waals surface area contributed by atoms with Crippen LogP contribution in [0.5, 0.6) is 0 Å². The van der Waals surface area contributed by atoms with Crippen LogP contribution in [0, 0.1) is 5.92 Å². The predicted octanol–water partition coefficient (Wildman–Crippen LogP) is 3.24. The van der Waals surface area contributed by atoms with Crippen molar-refractivity contribution < 1.29 is 14.7 Å². The van der Waals surface area contributed by atoms with Crippen LogP contribution in [0.15, 0.2) is 22.7 Å². The summed E-state index contributed by atoms with van der Waals surface area (Å²) in [6.45, 7) is 2.74. The van der Waals surface area contributed by atoms with Gasteiger partial charge in [-0.25, -0.2) is 0 Å². The maximum Gasteiger partial charge on any atom is 0.303 e. The van der Waals surface area contributed by atoms with E-state index in [-0.39, 0.29) is 6.42 Å².